The molecule has 0 unspecified atom stereocenters. The van der Waals surface area contributed by atoms with Crippen molar-refractivity contribution in [2.75, 3.05) is 0 Å². The number of aromatic nitrogens is 1. The molecule has 0 radical (unpaired) electrons. The van der Waals surface area contributed by atoms with Crippen LogP contribution in [0.1, 0.15) is 143 Å². The quantitative estimate of drug-likeness (QED) is 0.121. The average molecular weight is 504 g/mol. The van der Waals surface area contributed by atoms with Gasteiger partial charge >= 0.3 is 0 Å². The Balaban J connectivity index is 2.03. The molecule has 0 aliphatic heterocycles. The summed E-state index contributed by atoms with van der Waals surface area (Å²) in [4.78, 5) is 24.2. The Labute approximate surface area is 225 Å². The highest BCUT2D eigenvalue weighted by Crippen LogP contribution is 2.34. The number of fused-ring (bicyclic) bond motifs is 3. The van der Waals surface area contributed by atoms with Crippen molar-refractivity contribution in [1.29, 1.82) is 0 Å². The number of rotatable bonds is 19. The first kappa shape index (κ1) is 29.1. The van der Waals surface area contributed by atoms with Gasteiger partial charge in [-0.15, -0.1) is 0 Å². The van der Waals surface area contributed by atoms with Gasteiger partial charge in [0.05, 0.1) is 0 Å². The van der Waals surface area contributed by atoms with E-state index in [1.54, 1.807) is 0 Å². The van der Waals surface area contributed by atoms with Gasteiger partial charge in [-0.1, -0.05) is 91.4 Å². The molecule has 0 atom stereocenters. The van der Waals surface area contributed by atoms with Crippen LogP contribution in [-0.2, 0) is 19.4 Å². The van der Waals surface area contributed by atoms with Crippen LogP contribution in [0.5, 0.6) is 0 Å². The van der Waals surface area contributed by atoms with Gasteiger partial charge in [-0.25, -0.2) is 0 Å². The van der Waals surface area contributed by atoms with E-state index in [1.165, 1.54) is 92.5 Å². The molecule has 0 saturated heterocycles. The van der Waals surface area contributed by atoms with Crippen molar-refractivity contribution < 1.29 is 9.59 Å². The number of aryl methyl sites for hydroxylation is 3. The summed E-state index contributed by atoms with van der Waals surface area (Å²) in [6, 6.07) is 8.81. The van der Waals surface area contributed by atoms with Gasteiger partial charge in [0.15, 0.2) is 0 Å². The van der Waals surface area contributed by atoms with Crippen molar-refractivity contribution in [2.24, 2.45) is 0 Å². The molecule has 2 aromatic carbocycles. The van der Waals surface area contributed by atoms with E-state index in [-0.39, 0.29) is 0 Å². The highest BCUT2D eigenvalue weighted by atomic mass is 16.1. The molecule has 3 rings (SSSR count). The van der Waals surface area contributed by atoms with E-state index in [2.05, 4.69) is 49.6 Å². The molecular weight excluding hydrogens is 454 g/mol. The van der Waals surface area contributed by atoms with E-state index in [1.807, 2.05) is 0 Å². The van der Waals surface area contributed by atoms with E-state index in [4.69, 9.17) is 0 Å². The second kappa shape index (κ2) is 15.7. The smallest absolute Gasteiger partial charge is 0.150 e. The lowest BCUT2D eigenvalue weighted by molar-refractivity contribution is 0.111. The van der Waals surface area contributed by atoms with Gasteiger partial charge in [-0.2, -0.15) is 0 Å². The fourth-order valence-corrected chi connectivity index (χ4v) is 5.73. The molecule has 0 bridgehead atoms. The molecule has 202 valence electrons. The summed E-state index contributed by atoms with van der Waals surface area (Å²) in [5.41, 5.74) is 6.27. The number of hydrogen-bond acceptors (Lipinski definition) is 2. The molecule has 1 aromatic heterocycles. The lowest BCUT2D eigenvalue weighted by Gasteiger charge is -2.11. The molecule has 0 spiro atoms. The molecule has 0 saturated carbocycles. The molecule has 0 aliphatic rings. The van der Waals surface area contributed by atoms with Gasteiger partial charge in [-0.05, 0) is 67.5 Å². The SMILES string of the molecule is CCCCCCCCn1c2cc(C=O)c(CCCCCC)cc2c2cc(CCCCCC)c(C=O)cc21. The summed E-state index contributed by atoms with van der Waals surface area (Å²) >= 11 is 0. The Bertz CT molecular complexity index is 1060. The molecule has 1 heterocycles. The van der Waals surface area contributed by atoms with Crippen molar-refractivity contribution in [3.05, 3.63) is 46.5 Å². The van der Waals surface area contributed by atoms with Crippen LogP contribution in [0.3, 0.4) is 0 Å². The van der Waals surface area contributed by atoms with Gasteiger partial charge in [-0.3, -0.25) is 9.59 Å². The van der Waals surface area contributed by atoms with Gasteiger partial charge in [0.25, 0.3) is 0 Å². The summed E-state index contributed by atoms with van der Waals surface area (Å²) < 4.78 is 2.38. The molecule has 3 aromatic rings. The normalized spacial score (nSPS) is 11.5. The second-order valence-corrected chi connectivity index (χ2v) is 10.9. The zero-order valence-electron chi connectivity index (χ0n) is 23.7. The third-order valence-corrected chi connectivity index (χ3v) is 7.98. The molecule has 0 fully saturated rings. The minimum Gasteiger partial charge on any atom is -0.340 e. The Morgan fingerprint density at radius 1 is 0.541 bits per heavy atom. The number of unbranched alkanes of at least 4 members (excludes halogenated alkanes) is 11. The molecule has 0 amide bonds. The van der Waals surface area contributed by atoms with Crippen molar-refractivity contribution in [3.8, 4) is 0 Å². The van der Waals surface area contributed by atoms with Gasteiger partial charge in [0.2, 0.25) is 0 Å². The maximum absolute atomic E-state index is 12.1. The predicted octanol–water partition coefficient (Wildman–Crippen LogP) is 10.0. The Hall–Kier alpha value is -2.42. The van der Waals surface area contributed by atoms with E-state index in [9.17, 15) is 9.59 Å². The van der Waals surface area contributed by atoms with Crippen LogP contribution in [0.25, 0.3) is 21.8 Å². The maximum Gasteiger partial charge on any atom is 0.150 e. The van der Waals surface area contributed by atoms with Crippen molar-refractivity contribution in [3.63, 3.8) is 0 Å². The van der Waals surface area contributed by atoms with Crippen LogP contribution in [-0.4, -0.2) is 17.1 Å². The average Bonchev–Trinajstić information content (AvgIpc) is 3.21. The number of aldehydes is 2. The maximum atomic E-state index is 12.1. The van der Waals surface area contributed by atoms with E-state index >= 15 is 0 Å². The van der Waals surface area contributed by atoms with Crippen molar-refractivity contribution in [1.82, 2.24) is 4.57 Å². The highest BCUT2D eigenvalue weighted by Gasteiger charge is 2.17. The Morgan fingerprint density at radius 3 is 1.38 bits per heavy atom. The first-order valence-corrected chi connectivity index (χ1v) is 15.2. The van der Waals surface area contributed by atoms with E-state index in [0.29, 0.717) is 0 Å². The molecule has 0 N–H and O–H groups in total. The summed E-state index contributed by atoms with van der Waals surface area (Å²) in [7, 11) is 0. The summed E-state index contributed by atoms with van der Waals surface area (Å²) in [6.45, 7) is 7.64. The van der Waals surface area contributed by atoms with Crippen LogP contribution in [0.4, 0.5) is 0 Å². The Morgan fingerprint density at radius 2 is 0.946 bits per heavy atom. The molecular formula is C34H49NO2. The minimum absolute atomic E-state index is 0.825. The zero-order chi connectivity index (χ0) is 26.5. The lowest BCUT2D eigenvalue weighted by atomic mass is 9.96. The van der Waals surface area contributed by atoms with Crippen LogP contribution < -0.4 is 0 Å². The summed E-state index contributed by atoms with van der Waals surface area (Å²) in [6.07, 6.45) is 21.0. The standard InChI is InChI=1S/C34H49NO2/c1-4-7-10-13-14-17-20-35-33-23-29(25-36)27(18-15-11-8-5-2)21-31(33)32-22-28(19-16-12-9-6-3)30(26-37)24-34(32)35/h21-26H,4-20H2,1-3H3. The van der Waals surface area contributed by atoms with Crippen LogP contribution >= 0.6 is 0 Å². The monoisotopic (exact) mass is 503 g/mol. The number of carbonyl (C=O) groups excluding carboxylic acids is 2. The predicted molar refractivity (Wildman–Crippen MR) is 159 cm³/mol. The Kier molecular flexibility index (Phi) is 12.4. The third-order valence-electron chi connectivity index (χ3n) is 7.98. The fourth-order valence-electron chi connectivity index (χ4n) is 5.73. The van der Waals surface area contributed by atoms with E-state index in [0.717, 1.165) is 73.4 Å². The molecule has 37 heavy (non-hydrogen) atoms. The summed E-state index contributed by atoms with van der Waals surface area (Å²) in [5, 5.41) is 2.48. The van der Waals surface area contributed by atoms with Crippen LogP contribution in [0.15, 0.2) is 24.3 Å². The molecule has 0 aliphatic carbocycles. The number of hydrogen-bond donors (Lipinski definition) is 0. The third kappa shape index (κ3) is 7.79. The summed E-state index contributed by atoms with van der Waals surface area (Å²) in [5.74, 6) is 0. The lowest BCUT2D eigenvalue weighted by Crippen LogP contribution is -2.01. The number of carbonyl (C=O) groups is 2. The van der Waals surface area contributed by atoms with Gasteiger partial charge < -0.3 is 4.57 Å². The topological polar surface area (TPSA) is 39.1 Å². The van der Waals surface area contributed by atoms with Crippen LogP contribution in [0.2, 0.25) is 0 Å². The van der Waals surface area contributed by atoms with Gasteiger partial charge in [0, 0.05) is 39.5 Å². The largest absolute Gasteiger partial charge is 0.340 e. The first-order chi connectivity index (χ1) is 18.2. The van der Waals surface area contributed by atoms with Crippen molar-refractivity contribution in [2.45, 2.75) is 130 Å². The second-order valence-electron chi connectivity index (χ2n) is 10.9. The highest BCUT2D eigenvalue weighted by molar-refractivity contribution is 6.11. The van der Waals surface area contributed by atoms with E-state index < -0.39 is 0 Å². The minimum atomic E-state index is 0.825. The van der Waals surface area contributed by atoms with Gasteiger partial charge in [0.1, 0.15) is 12.6 Å². The zero-order valence-corrected chi connectivity index (χ0v) is 23.7. The van der Waals surface area contributed by atoms with Crippen molar-refractivity contribution >= 4 is 34.4 Å². The van der Waals surface area contributed by atoms with Crippen LogP contribution in [0, 0.1) is 0 Å². The molecule has 3 nitrogen and oxygen atoms in total. The number of benzene rings is 2. The molecule has 3 heteroatoms. The fraction of sp³-hybridized carbons (Fsp3) is 0.588. The first-order valence-electron chi connectivity index (χ1n) is 15.2. The number of nitrogens with zero attached hydrogens (tertiary/aromatic N) is 1.